The summed E-state index contributed by atoms with van der Waals surface area (Å²) in [6, 6.07) is 10.1. The van der Waals surface area contributed by atoms with Crippen molar-refractivity contribution in [3.63, 3.8) is 0 Å². The van der Waals surface area contributed by atoms with Gasteiger partial charge < -0.3 is 10.6 Å². The van der Waals surface area contributed by atoms with Gasteiger partial charge in [-0.05, 0) is 30.4 Å². The van der Waals surface area contributed by atoms with Crippen molar-refractivity contribution in [2.45, 2.75) is 37.6 Å². The second-order valence-electron chi connectivity index (χ2n) is 5.97. The standard InChI is InChI=1S/C17H26N2OS/c1-3-13(2)16(18)17(20)19-10-9-14(11-19)12-21-15-7-5-4-6-8-15/h4-8,13-14,16H,3,9-12,18H2,1-2H3. The number of likely N-dealkylation sites (tertiary alicyclic amines) is 1. The Balaban J connectivity index is 1.79. The summed E-state index contributed by atoms with van der Waals surface area (Å²) in [5, 5.41) is 0. The maximum Gasteiger partial charge on any atom is 0.239 e. The number of amides is 1. The minimum absolute atomic E-state index is 0.136. The number of carbonyl (C=O) groups is 1. The number of thioether (sulfide) groups is 1. The molecule has 0 radical (unpaired) electrons. The molecule has 0 saturated carbocycles. The number of benzene rings is 1. The van der Waals surface area contributed by atoms with Crippen LogP contribution in [0.1, 0.15) is 26.7 Å². The number of nitrogens with zero attached hydrogens (tertiary/aromatic N) is 1. The lowest BCUT2D eigenvalue weighted by Crippen LogP contribution is -2.46. The molecule has 1 aromatic carbocycles. The number of carbonyl (C=O) groups excluding carboxylic acids is 1. The second kappa shape index (κ2) is 7.85. The molecule has 1 aromatic rings. The van der Waals surface area contributed by atoms with Crippen LogP contribution in [0.25, 0.3) is 0 Å². The minimum atomic E-state index is -0.337. The van der Waals surface area contributed by atoms with E-state index in [2.05, 4.69) is 38.1 Å². The lowest BCUT2D eigenvalue weighted by atomic mass is 9.99. The van der Waals surface area contributed by atoms with Crippen LogP contribution in [0.2, 0.25) is 0 Å². The molecule has 21 heavy (non-hydrogen) atoms. The molecule has 0 aliphatic carbocycles. The highest BCUT2D eigenvalue weighted by Gasteiger charge is 2.30. The molecule has 0 aromatic heterocycles. The van der Waals surface area contributed by atoms with Crippen LogP contribution in [0.4, 0.5) is 0 Å². The number of hydrogen-bond acceptors (Lipinski definition) is 3. The third-order valence-corrected chi connectivity index (χ3v) is 5.61. The summed E-state index contributed by atoms with van der Waals surface area (Å²) in [5.74, 6) is 2.06. The third kappa shape index (κ3) is 4.48. The molecular formula is C17H26N2OS. The van der Waals surface area contributed by atoms with E-state index in [1.165, 1.54) is 4.90 Å². The molecule has 3 atom stereocenters. The van der Waals surface area contributed by atoms with Crippen molar-refractivity contribution in [2.24, 2.45) is 17.6 Å². The maximum absolute atomic E-state index is 12.4. The van der Waals surface area contributed by atoms with Crippen molar-refractivity contribution >= 4 is 17.7 Å². The Bertz CT molecular complexity index is 451. The van der Waals surface area contributed by atoms with Gasteiger partial charge in [0.1, 0.15) is 0 Å². The third-order valence-electron chi connectivity index (χ3n) is 4.37. The highest BCUT2D eigenvalue weighted by atomic mass is 32.2. The predicted molar refractivity (Wildman–Crippen MR) is 89.3 cm³/mol. The Kier molecular flexibility index (Phi) is 6.12. The van der Waals surface area contributed by atoms with Crippen LogP contribution in [0.3, 0.4) is 0 Å². The number of hydrogen-bond donors (Lipinski definition) is 1. The predicted octanol–water partition coefficient (Wildman–Crippen LogP) is 3.00. The van der Waals surface area contributed by atoms with Crippen LogP contribution in [0, 0.1) is 11.8 Å². The van der Waals surface area contributed by atoms with Crippen LogP contribution in [-0.2, 0) is 4.79 Å². The summed E-state index contributed by atoms with van der Waals surface area (Å²) < 4.78 is 0. The van der Waals surface area contributed by atoms with E-state index >= 15 is 0 Å². The van der Waals surface area contributed by atoms with E-state index in [1.807, 2.05) is 22.7 Å². The lowest BCUT2D eigenvalue weighted by molar-refractivity contribution is -0.132. The van der Waals surface area contributed by atoms with Gasteiger partial charge in [-0.25, -0.2) is 0 Å². The Morgan fingerprint density at radius 1 is 1.43 bits per heavy atom. The van der Waals surface area contributed by atoms with Gasteiger partial charge in [0.05, 0.1) is 6.04 Å². The van der Waals surface area contributed by atoms with Crippen LogP contribution in [0.5, 0.6) is 0 Å². The fourth-order valence-electron chi connectivity index (χ4n) is 2.61. The van der Waals surface area contributed by atoms with Gasteiger partial charge in [-0.15, -0.1) is 11.8 Å². The molecule has 1 fully saturated rings. The molecule has 3 unspecified atom stereocenters. The van der Waals surface area contributed by atoms with E-state index in [0.717, 1.165) is 31.7 Å². The van der Waals surface area contributed by atoms with Gasteiger partial charge in [0.2, 0.25) is 5.91 Å². The fourth-order valence-corrected chi connectivity index (χ4v) is 3.66. The molecular weight excluding hydrogens is 280 g/mol. The molecule has 1 aliphatic rings. The van der Waals surface area contributed by atoms with Crippen molar-refractivity contribution in [1.82, 2.24) is 4.90 Å². The summed E-state index contributed by atoms with van der Waals surface area (Å²) in [4.78, 5) is 15.6. The van der Waals surface area contributed by atoms with Gasteiger partial charge in [-0.1, -0.05) is 38.5 Å². The second-order valence-corrected chi connectivity index (χ2v) is 7.07. The number of nitrogens with two attached hydrogens (primary N) is 1. The van der Waals surface area contributed by atoms with Crippen LogP contribution in [-0.4, -0.2) is 35.7 Å². The summed E-state index contributed by atoms with van der Waals surface area (Å²) >= 11 is 1.88. The minimum Gasteiger partial charge on any atom is -0.341 e. The van der Waals surface area contributed by atoms with Crippen LogP contribution < -0.4 is 5.73 Å². The zero-order valence-electron chi connectivity index (χ0n) is 13.0. The molecule has 1 heterocycles. The topological polar surface area (TPSA) is 46.3 Å². The van der Waals surface area contributed by atoms with Gasteiger partial charge in [0, 0.05) is 23.7 Å². The van der Waals surface area contributed by atoms with Crippen molar-refractivity contribution in [3.05, 3.63) is 30.3 Å². The molecule has 4 heteroatoms. The average molecular weight is 306 g/mol. The first-order valence-corrected chi connectivity index (χ1v) is 8.82. The number of rotatable bonds is 6. The Morgan fingerprint density at radius 2 is 2.14 bits per heavy atom. The first-order valence-electron chi connectivity index (χ1n) is 7.84. The SMILES string of the molecule is CCC(C)C(N)C(=O)N1CCC(CSc2ccccc2)C1. The van der Waals surface area contributed by atoms with Crippen molar-refractivity contribution in [3.8, 4) is 0 Å². The average Bonchev–Trinajstić information content (AvgIpc) is 3.00. The van der Waals surface area contributed by atoms with Crippen molar-refractivity contribution in [2.75, 3.05) is 18.8 Å². The molecule has 1 saturated heterocycles. The van der Waals surface area contributed by atoms with E-state index in [0.29, 0.717) is 5.92 Å². The van der Waals surface area contributed by atoms with Crippen LogP contribution in [0.15, 0.2) is 35.2 Å². The van der Waals surface area contributed by atoms with Gasteiger partial charge in [-0.3, -0.25) is 4.79 Å². The highest BCUT2D eigenvalue weighted by Crippen LogP contribution is 2.26. The molecule has 0 spiro atoms. The Morgan fingerprint density at radius 3 is 2.81 bits per heavy atom. The van der Waals surface area contributed by atoms with E-state index < -0.39 is 0 Å². The molecule has 116 valence electrons. The van der Waals surface area contributed by atoms with E-state index in [4.69, 9.17) is 5.73 Å². The zero-order chi connectivity index (χ0) is 15.2. The monoisotopic (exact) mass is 306 g/mol. The molecule has 3 nitrogen and oxygen atoms in total. The Hall–Kier alpha value is -1.00. The lowest BCUT2D eigenvalue weighted by Gasteiger charge is -2.24. The summed E-state index contributed by atoms with van der Waals surface area (Å²) in [5.41, 5.74) is 6.07. The highest BCUT2D eigenvalue weighted by molar-refractivity contribution is 7.99. The fraction of sp³-hybridized carbons (Fsp3) is 0.588. The van der Waals surface area contributed by atoms with Crippen LogP contribution >= 0.6 is 11.8 Å². The van der Waals surface area contributed by atoms with Gasteiger partial charge in [0.15, 0.2) is 0 Å². The first-order chi connectivity index (χ1) is 10.1. The summed E-state index contributed by atoms with van der Waals surface area (Å²) in [6.45, 7) is 5.87. The Labute approximate surface area is 132 Å². The summed E-state index contributed by atoms with van der Waals surface area (Å²) in [6.07, 6.45) is 2.05. The van der Waals surface area contributed by atoms with Crippen molar-refractivity contribution < 1.29 is 4.79 Å². The van der Waals surface area contributed by atoms with Gasteiger partial charge >= 0.3 is 0 Å². The van der Waals surface area contributed by atoms with E-state index in [1.54, 1.807) is 0 Å². The molecule has 2 rings (SSSR count). The molecule has 1 amide bonds. The van der Waals surface area contributed by atoms with Gasteiger partial charge in [0.25, 0.3) is 0 Å². The quantitative estimate of drug-likeness (QED) is 0.822. The maximum atomic E-state index is 12.4. The van der Waals surface area contributed by atoms with Crippen molar-refractivity contribution in [1.29, 1.82) is 0 Å². The molecule has 1 aliphatic heterocycles. The molecule has 0 bridgehead atoms. The molecule has 2 N–H and O–H groups in total. The summed E-state index contributed by atoms with van der Waals surface area (Å²) in [7, 11) is 0. The smallest absolute Gasteiger partial charge is 0.239 e. The van der Waals surface area contributed by atoms with E-state index in [-0.39, 0.29) is 17.9 Å². The normalized spacial score (nSPS) is 21.3. The van der Waals surface area contributed by atoms with E-state index in [9.17, 15) is 4.79 Å². The zero-order valence-corrected chi connectivity index (χ0v) is 13.8. The van der Waals surface area contributed by atoms with Gasteiger partial charge in [-0.2, -0.15) is 0 Å². The largest absolute Gasteiger partial charge is 0.341 e. The first kappa shape index (κ1) is 16.4.